The van der Waals surface area contributed by atoms with Crippen LogP contribution >= 0.6 is 11.5 Å². The van der Waals surface area contributed by atoms with Gasteiger partial charge in [0.1, 0.15) is 0 Å². The molecule has 0 saturated heterocycles. The molecule has 180 valence electrons. The van der Waals surface area contributed by atoms with E-state index in [0.29, 0.717) is 29.0 Å². The molecule has 0 aliphatic rings. The van der Waals surface area contributed by atoms with Crippen LogP contribution in [-0.2, 0) is 19.6 Å². The second-order valence-electron chi connectivity index (χ2n) is 7.21. The number of phenolic OH excluding ortho intramolecular Hbond substituents is 1. The predicted molar refractivity (Wildman–Crippen MR) is 131 cm³/mol. The molecule has 0 unspecified atom stereocenters. The standard InChI is InChI=1S/C21H24N6O5S2/c1-5-27(6-2)34(31,32)15-7-8-17-16(11-15)21(33-26-17)25-24-14-9-18(22-12(3)28)20(30)19(10-14)23-13(4)29/h7-11,30H,5-6H2,1-4H3,(H,22,28)(H,23,29). The zero-order valence-corrected chi connectivity index (χ0v) is 20.6. The van der Waals surface area contributed by atoms with Gasteiger partial charge < -0.3 is 15.7 Å². The van der Waals surface area contributed by atoms with Crippen LogP contribution < -0.4 is 10.6 Å². The van der Waals surface area contributed by atoms with E-state index in [1.54, 1.807) is 19.9 Å². The molecule has 0 spiro atoms. The van der Waals surface area contributed by atoms with Gasteiger partial charge in [-0.05, 0) is 41.9 Å². The molecule has 34 heavy (non-hydrogen) atoms. The molecule has 3 N–H and O–H groups in total. The molecule has 3 rings (SSSR count). The zero-order chi connectivity index (χ0) is 25.0. The molecule has 0 bridgehead atoms. The first-order valence-corrected chi connectivity index (χ1v) is 12.5. The fourth-order valence-corrected chi connectivity index (χ4v) is 5.37. The van der Waals surface area contributed by atoms with Crippen molar-refractivity contribution in [1.82, 2.24) is 8.68 Å². The number of nitrogens with zero attached hydrogens (tertiary/aromatic N) is 4. The zero-order valence-electron chi connectivity index (χ0n) is 19.0. The Balaban J connectivity index is 2.04. The minimum atomic E-state index is -3.66. The third-order valence-corrected chi connectivity index (χ3v) is 7.55. The topological polar surface area (TPSA) is 153 Å². The van der Waals surface area contributed by atoms with Crippen LogP contribution in [0.4, 0.5) is 22.1 Å². The summed E-state index contributed by atoms with van der Waals surface area (Å²) in [4.78, 5) is 23.1. The molecular formula is C21H24N6O5S2. The summed E-state index contributed by atoms with van der Waals surface area (Å²) >= 11 is 1.05. The second-order valence-corrected chi connectivity index (χ2v) is 9.90. The number of hydrogen-bond donors (Lipinski definition) is 3. The highest BCUT2D eigenvalue weighted by Crippen LogP contribution is 2.39. The Hall–Kier alpha value is -3.42. The lowest BCUT2D eigenvalue weighted by molar-refractivity contribution is -0.115. The van der Waals surface area contributed by atoms with Gasteiger partial charge in [-0.3, -0.25) is 9.59 Å². The Labute approximate surface area is 200 Å². The van der Waals surface area contributed by atoms with Crippen LogP contribution in [0.2, 0.25) is 0 Å². The van der Waals surface area contributed by atoms with Gasteiger partial charge in [-0.2, -0.15) is 8.68 Å². The van der Waals surface area contributed by atoms with Crippen molar-refractivity contribution in [3.8, 4) is 5.75 Å². The minimum Gasteiger partial charge on any atom is -0.504 e. The number of amides is 2. The molecule has 1 heterocycles. The van der Waals surface area contributed by atoms with Crippen LogP contribution in [0.3, 0.4) is 0 Å². The van der Waals surface area contributed by atoms with Crippen LogP contribution in [0, 0.1) is 0 Å². The van der Waals surface area contributed by atoms with Crippen molar-refractivity contribution in [3.05, 3.63) is 30.3 Å². The second kappa shape index (κ2) is 10.2. The van der Waals surface area contributed by atoms with E-state index in [1.807, 2.05) is 0 Å². The smallest absolute Gasteiger partial charge is 0.243 e. The molecule has 0 aliphatic heterocycles. The fourth-order valence-electron chi connectivity index (χ4n) is 3.20. The van der Waals surface area contributed by atoms with Crippen molar-refractivity contribution < 1.29 is 23.1 Å². The number of hydrogen-bond acceptors (Lipinski definition) is 9. The van der Waals surface area contributed by atoms with Crippen molar-refractivity contribution >= 4 is 66.3 Å². The molecule has 3 aromatic rings. The number of benzene rings is 2. The molecule has 0 radical (unpaired) electrons. The highest BCUT2D eigenvalue weighted by atomic mass is 32.2. The first kappa shape index (κ1) is 25.2. The maximum absolute atomic E-state index is 12.9. The Morgan fingerprint density at radius 3 is 2.15 bits per heavy atom. The summed E-state index contributed by atoms with van der Waals surface area (Å²) in [5.74, 6) is -1.17. The number of carbonyl (C=O) groups excluding carboxylic acids is 2. The first-order chi connectivity index (χ1) is 16.1. The van der Waals surface area contributed by atoms with Crippen LogP contribution in [-0.4, -0.2) is 47.1 Å². The Morgan fingerprint density at radius 2 is 1.62 bits per heavy atom. The van der Waals surface area contributed by atoms with Crippen molar-refractivity contribution in [2.24, 2.45) is 10.2 Å². The molecule has 0 atom stereocenters. The van der Waals surface area contributed by atoms with Crippen molar-refractivity contribution in [3.63, 3.8) is 0 Å². The molecular weight excluding hydrogens is 480 g/mol. The summed E-state index contributed by atoms with van der Waals surface area (Å²) in [6.45, 7) is 6.79. The fraction of sp³-hybridized carbons (Fsp3) is 0.286. The maximum Gasteiger partial charge on any atom is 0.243 e. The van der Waals surface area contributed by atoms with E-state index in [-0.39, 0.29) is 27.7 Å². The summed E-state index contributed by atoms with van der Waals surface area (Å²) in [7, 11) is -3.66. The van der Waals surface area contributed by atoms with Crippen LogP contribution in [0.1, 0.15) is 27.7 Å². The van der Waals surface area contributed by atoms with Crippen molar-refractivity contribution in [2.75, 3.05) is 23.7 Å². The lowest BCUT2D eigenvalue weighted by Gasteiger charge is -2.18. The lowest BCUT2D eigenvalue weighted by Crippen LogP contribution is -2.30. The molecule has 2 aromatic carbocycles. The molecule has 11 nitrogen and oxygen atoms in total. The van der Waals surface area contributed by atoms with E-state index in [2.05, 4.69) is 25.2 Å². The molecule has 0 saturated carbocycles. The van der Waals surface area contributed by atoms with Gasteiger partial charge in [0.05, 0.1) is 27.5 Å². The van der Waals surface area contributed by atoms with Gasteiger partial charge in [-0.25, -0.2) is 8.42 Å². The summed E-state index contributed by atoms with van der Waals surface area (Å²) in [5, 5.41) is 24.5. The van der Waals surface area contributed by atoms with Gasteiger partial charge in [-0.15, -0.1) is 10.2 Å². The number of sulfonamides is 1. The van der Waals surface area contributed by atoms with Crippen LogP contribution in [0.25, 0.3) is 10.9 Å². The average molecular weight is 505 g/mol. The summed E-state index contributed by atoms with van der Waals surface area (Å²) in [6.07, 6.45) is 0. The maximum atomic E-state index is 12.9. The lowest BCUT2D eigenvalue weighted by atomic mass is 10.2. The van der Waals surface area contributed by atoms with E-state index < -0.39 is 21.8 Å². The average Bonchev–Trinajstić information content (AvgIpc) is 3.17. The third kappa shape index (κ3) is 5.38. The first-order valence-electron chi connectivity index (χ1n) is 10.3. The van der Waals surface area contributed by atoms with E-state index in [4.69, 9.17) is 0 Å². The van der Waals surface area contributed by atoms with Gasteiger partial charge in [-0.1, -0.05) is 13.8 Å². The van der Waals surface area contributed by atoms with Gasteiger partial charge in [0.2, 0.25) is 21.8 Å². The van der Waals surface area contributed by atoms with Crippen molar-refractivity contribution in [2.45, 2.75) is 32.6 Å². The van der Waals surface area contributed by atoms with E-state index in [1.165, 1.54) is 42.4 Å². The third-order valence-electron chi connectivity index (χ3n) is 4.74. The summed E-state index contributed by atoms with van der Waals surface area (Å²) in [6, 6.07) is 7.43. The van der Waals surface area contributed by atoms with E-state index in [0.717, 1.165) is 11.5 Å². The quantitative estimate of drug-likeness (QED) is 0.306. The number of fused-ring (bicyclic) bond motifs is 1. The van der Waals surface area contributed by atoms with Gasteiger partial charge >= 0.3 is 0 Å². The monoisotopic (exact) mass is 504 g/mol. The number of rotatable bonds is 8. The number of azo groups is 1. The van der Waals surface area contributed by atoms with Crippen LogP contribution in [0.15, 0.2) is 45.5 Å². The number of carbonyl (C=O) groups is 2. The molecule has 0 fully saturated rings. The molecule has 1 aromatic heterocycles. The number of phenols is 1. The Kier molecular flexibility index (Phi) is 7.59. The molecule has 0 aliphatic carbocycles. The number of aromatic hydroxyl groups is 1. The van der Waals surface area contributed by atoms with Gasteiger partial charge in [0, 0.05) is 32.3 Å². The predicted octanol–water partition coefficient (Wildman–Crippen LogP) is 4.36. The van der Waals surface area contributed by atoms with E-state index >= 15 is 0 Å². The number of nitrogens with one attached hydrogen (secondary N) is 2. The summed E-state index contributed by atoms with van der Waals surface area (Å²) in [5.41, 5.74) is 0.906. The Morgan fingerprint density at radius 1 is 1.03 bits per heavy atom. The van der Waals surface area contributed by atoms with Gasteiger partial charge in [0.15, 0.2) is 10.8 Å². The van der Waals surface area contributed by atoms with Crippen LogP contribution in [0.5, 0.6) is 5.75 Å². The van der Waals surface area contributed by atoms with E-state index in [9.17, 15) is 23.1 Å². The largest absolute Gasteiger partial charge is 0.504 e. The summed E-state index contributed by atoms with van der Waals surface area (Å²) < 4.78 is 31.4. The number of anilines is 2. The highest BCUT2D eigenvalue weighted by Gasteiger charge is 2.22. The number of aromatic nitrogens is 1. The molecule has 13 heteroatoms. The normalized spacial score (nSPS) is 11.9. The highest BCUT2D eigenvalue weighted by molar-refractivity contribution is 7.89. The van der Waals surface area contributed by atoms with Crippen molar-refractivity contribution in [1.29, 1.82) is 0 Å². The Bertz CT molecular complexity index is 1340. The minimum absolute atomic E-state index is 0.0504. The SMILES string of the molecule is CCN(CC)S(=O)(=O)c1ccc2nsc(N=Nc3cc(NC(C)=O)c(O)c(NC(C)=O)c3)c2c1. The molecule has 2 amide bonds. The van der Waals surface area contributed by atoms with Gasteiger partial charge in [0.25, 0.3) is 0 Å².